The van der Waals surface area contributed by atoms with E-state index in [2.05, 4.69) is 13.8 Å². The number of hydrogen-bond donors (Lipinski definition) is 0. The minimum atomic E-state index is -0.877. The van der Waals surface area contributed by atoms with Gasteiger partial charge in [0.1, 0.15) is 0 Å². The van der Waals surface area contributed by atoms with Crippen molar-refractivity contribution in [2.24, 2.45) is 0 Å². The van der Waals surface area contributed by atoms with Crippen molar-refractivity contribution in [2.75, 3.05) is 5.75 Å². The summed E-state index contributed by atoms with van der Waals surface area (Å²) < 4.78 is 17.3. The van der Waals surface area contributed by atoms with Crippen LogP contribution in [0, 0.1) is 0 Å². The zero-order chi connectivity index (χ0) is 10.9. The SMILES string of the molecule is CC1(C)O[C@H]1CCS(=O)c1ccccc1. The van der Waals surface area contributed by atoms with Crippen molar-refractivity contribution in [1.29, 1.82) is 0 Å². The summed E-state index contributed by atoms with van der Waals surface area (Å²) in [5, 5.41) is 0. The quantitative estimate of drug-likeness (QED) is 0.735. The Labute approximate surface area is 93.1 Å². The average molecular weight is 224 g/mol. The predicted molar refractivity (Wildman–Crippen MR) is 61.3 cm³/mol. The molecule has 1 saturated heterocycles. The molecule has 2 atom stereocenters. The highest BCUT2D eigenvalue weighted by atomic mass is 32.2. The van der Waals surface area contributed by atoms with Gasteiger partial charge in [-0.1, -0.05) is 18.2 Å². The first-order chi connectivity index (χ1) is 7.09. The van der Waals surface area contributed by atoms with Crippen molar-refractivity contribution in [3.8, 4) is 0 Å². The Morgan fingerprint density at radius 1 is 1.33 bits per heavy atom. The van der Waals surface area contributed by atoms with Crippen molar-refractivity contribution >= 4 is 10.8 Å². The highest BCUT2D eigenvalue weighted by Crippen LogP contribution is 2.37. The Kier molecular flexibility index (Phi) is 2.94. The zero-order valence-electron chi connectivity index (χ0n) is 9.10. The second-order valence-corrected chi connectivity index (χ2v) is 5.93. The second-order valence-electron chi connectivity index (χ2n) is 4.36. The van der Waals surface area contributed by atoms with Gasteiger partial charge < -0.3 is 4.74 Å². The molecule has 0 radical (unpaired) electrons. The van der Waals surface area contributed by atoms with Gasteiger partial charge in [-0.3, -0.25) is 4.21 Å². The lowest BCUT2D eigenvalue weighted by atomic mass is 10.1. The predicted octanol–water partition coefficient (Wildman–Crippen LogP) is 2.36. The largest absolute Gasteiger partial charge is 0.367 e. The van der Waals surface area contributed by atoms with Crippen LogP contribution >= 0.6 is 0 Å². The summed E-state index contributed by atoms with van der Waals surface area (Å²) in [4.78, 5) is 0.913. The van der Waals surface area contributed by atoms with Crippen LogP contribution in [-0.4, -0.2) is 21.7 Å². The van der Waals surface area contributed by atoms with Crippen LogP contribution in [0.2, 0.25) is 0 Å². The number of rotatable bonds is 4. The molecule has 1 heterocycles. The van der Waals surface area contributed by atoms with Gasteiger partial charge in [0.2, 0.25) is 0 Å². The Balaban J connectivity index is 1.84. The van der Waals surface area contributed by atoms with E-state index in [4.69, 9.17) is 4.74 Å². The van der Waals surface area contributed by atoms with Gasteiger partial charge in [0, 0.05) is 10.6 Å². The number of ether oxygens (including phenoxy) is 1. The molecule has 1 aliphatic rings. The molecule has 2 rings (SSSR count). The first-order valence-corrected chi connectivity index (χ1v) is 6.53. The van der Waals surface area contributed by atoms with E-state index < -0.39 is 10.8 Å². The summed E-state index contributed by atoms with van der Waals surface area (Å²) in [5.74, 6) is 0.693. The lowest BCUT2D eigenvalue weighted by Crippen LogP contribution is -2.07. The van der Waals surface area contributed by atoms with Gasteiger partial charge in [-0.25, -0.2) is 0 Å². The maximum absolute atomic E-state index is 11.8. The summed E-state index contributed by atoms with van der Waals surface area (Å²) in [7, 11) is -0.877. The van der Waals surface area contributed by atoms with Gasteiger partial charge >= 0.3 is 0 Å². The fraction of sp³-hybridized carbons (Fsp3) is 0.500. The molecule has 0 bridgehead atoms. The molecule has 1 aromatic rings. The van der Waals surface area contributed by atoms with E-state index in [1.807, 2.05) is 30.3 Å². The fourth-order valence-electron chi connectivity index (χ4n) is 1.64. The van der Waals surface area contributed by atoms with E-state index in [1.54, 1.807) is 0 Å². The molecule has 1 fully saturated rings. The number of hydrogen-bond acceptors (Lipinski definition) is 2. The number of epoxide rings is 1. The third-order valence-corrected chi connectivity index (χ3v) is 4.14. The molecule has 0 N–H and O–H groups in total. The Morgan fingerprint density at radius 3 is 2.47 bits per heavy atom. The van der Waals surface area contributed by atoms with Crippen LogP contribution in [0.5, 0.6) is 0 Å². The molecule has 0 aliphatic carbocycles. The average Bonchev–Trinajstić information content (AvgIpc) is 2.84. The van der Waals surface area contributed by atoms with Crippen molar-refractivity contribution < 1.29 is 8.95 Å². The molecule has 0 aromatic heterocycles. The molecule has 0 saturated carbocycles. The van der Waals surface area contributed by atoms with Crippen LogP contribution < -0.4 is 0 Å². The van der Waals surface area contributed by atoms with Gasteiger partial charge in [0.25, 0.3) is 0 Å². The van der Waals surface area contributed by atoms with Crippen molar-refractivity contribution in [1.82, 2.24) is 0 Å². The van der Waals surface area contributed by atoms with Gasteiger partial charge in [-0.15, -0.1) is 0 Å². The van der Waals surface area contributed by atoms with E-state index in [9.17, 15) is 4.21 Å². The van der Waals surface area contributed by atoms with E-state index in [-0.39, 0.29) is 5.60 Å². The maximum atomic E-state index is 11.8. The Morgan fingerprint density at radius 2 is 1.93 bits per heavy atom. The monoisotopic (exact) mass is 224 g/mol. The summed E-state index contributed by atoms with van der Waals surface area (Å²) >= 11 is 0. The lowest BCUT2D eigenvalue weighted by Gasteiger charge is -2.00. The summed E-state index contributed by atoms with van der Waals surface area (Å²) in [6.45, 7) is 4.15. The van der Waals surface area contributed by atoms with Crippen molar-refractivity contribution in [2.45, 2.75) is 36.9 Å². The Hall–Kier alpha value is -0.670. The summed E-state index contributed by atoms with van der Waals surface area (Å²) in [6.07, 6.45) is 1.18. The standard InChI is InChI=1S/C12H16O2S/c1-12(2)11(14-12)8-9-15(13)10-6-4-3-5-7-10/h3-7,11H,8-9H2,1-2H3/t11-,15?/m0/s1. The molecule has 1 aromatic carbocycles. The van der Waals surface area contributed by atoms with Crippen LogP contribution in [0.1, 0.15) is 20.3 Å². The topological polar surface area (TPSA) is 29.6 Å². The maximum Gasteiger partial charge on any atom is 0.0892 e. The highest BCUT2D eigenvalue weighted by molar-refractivity contribution is 7.85. The molecule has 82 valence electrons. The molecule has 15 heavy (non-hydrogen) atoms. The third kappa shape index (κ3) is 2.67. The van der Waals surface area contributed by atoms with Crippen molar-refractivity contribution in [3.63, 3.8) is 0 Å². The second kappa shape index (κ2) is 4.06. The van der Waals surface area contributed by atoms with E-state index in [1.165, 1.54) is 0 Å². The van der Waals surface area contributed by atoms with Crippen LogP contribution in [0.3, 0.4) is 0 Å². The van der Waals surface area contributed by atoms with Gasteiger partial charge in [0.15, 0.2) is 0 Å². The molecular weight excluding hydrogens is 208 g/mol. The van der Waals surface area contributed by atoms with Gasteiger partial charge in [0.05, 0.1) is 22.5 Å². The third-order valence-electron chi connectivity index (χ3n) is 2.74. The summed E-state index contributed by atoms with van der Waals surface area (Å²) in [6, 6.07) is 9.60. The molecule has 0 amide bonds. The lowest BCUT2D eigenvalue weighted by molar-refractivity contribution is 0.322. The van der Waals surface area contributed by atoms with E-state index in [0.717, 1.165) is 11.3 Å². The van der Waals surface area contributed by atoms with Crippen LogP contribution in [0.25, 0.3) is 0 Å². The minimum absolute atomic E-state index is 0.0148. The fourth-order valence-corrected chi connectivity index (χ4v) is 2.77. The van der Waals surface area contributed by atoms with E-state index in [0.29, 0.717) is 11.9 Å². The molecule has 1 aliphatic heterocycles. The molecule has 1 unspecified atom stereocenters. The first kappa shape index (κ1) is 10.8. The van der Waals surface area contributed by atoms with E-state index >= 15 is 0 Å². The molecule has 0 spiro atoms. The molecule has 3 heteroatoms. The molecular formula is C12H16O2S. The summed E-state index contributed by atoms with van der Waals surface area (Å²) in [5.41, 5.74) is 0.0148. The first-order valence-electron chi connectivity index (χ1n) is 5.21. The van der Waals surface area contributed by atoms with Gasteiger partial charge in [-0.05, 0) is 32.4 Å². The van der Waals surface area contributed by atoms with Crippen LogP contribution in [0.4, 0.5) is 0 Å². The minimum Gasteiger partial charge on any atom is -0.367 e. The van der Waals surface area contributed by atoms with Gasteiger partial charge in [-0.2, -0.15) is 0 Å². The van der Waals surface area contributed by atoms with Crippen molar-refractivity contribution in [3.05, 3.63) is 30.3 Å². The zero-order valence-corrected chi connectivity index (χ0v) is 9.92. The normalized spacial score (nSPS) is 24.8. The number of benzene rings is 1. The van der Waals surface area contributed by atoms with Crippen LogP contribution in [-0.2, 0) is 15.5 Å². The highest BCUT2D eigenvalue weighted by Gasteiger charge is 2.47. The molecule has 2 nitrogen and oxygen atoms in total. The van der Waals surface area contributed by atoms with Crippen LogP contribution in [0.15, 0.2) is 35.2 Å². The Bertz CT molecular complexity index is 359. The smallest absolute Gasteiger partial charge is 0.0892 e.